The average Bonchev–Trinajstić information content (AvgIpc) is 2.86. The van der Waals surface area contributed by atoms with Crippen molar-refractivity contribution >= 4 is 33.5 Å². The van der Waals surface area contributed by atoms with Gasteiger partial charge in [0.05, 0.1) is 24.1 Å². The quantitative estimate of drug-likeness (QED) is 0.868. The number of carboxylic acids is 1. The van der Waals surface area contributed by atoms with Crippen LogP contribution in [-0.4, -0.2) is 19.5 Å². The van der Waals surface area contributed by atoms with Crippen LogP contribution in [0.5, 0.6) is 0 Å². The zero-order valence-electron chi connectivity index (χ0n) is 10.6. The van der Waals surface area contributed by atoms with Crippen LogP contribution in [0.4, 0.5) is 5.69 Å². The van der Waals surface area contributed by atoms with Gasteiger partial charge in [0, 0.05) is 5.02 Å². The Morgan fingerprint density at radius 2 is 2.10 bits per heavy atom. The van der Waals surface area contributed by atoms with E-state index in [2.05, 4.69) is 0 Å². The summed E-state index contributed by atoms with van der Waals surface area (Å²) < 4.78 is 29.3. The highest BCUT2D eigenvalue weighted by molar-refractivity contribution is 7.90. The van der Waals surface area contributed by atoms with Crippen LogP contribution in [0.25, 0.3) is 0 Å². The first-order valence-electron chi connectivity index (χ1n) is 5.64. The van der Waals surface area contributed by atoms with E-state index in [0.717, 1.165) is 4.31 Å². The summed E-state index contributed by atoms with van der Waals surface area (Å²) in [5, 5.41) is 14.5. The highest BCUT2D eigenvalue weighted by Gasteiger charge is 2.25. The Labute approximate surface area is 125 Å². The van der Waals surface area contributed by atoms with Gasteiger partial charge in [-0.05, 0) is 30.3 Å². The van der Waals surface area contributed by atoms with E-state index in [1.807, 2.05) is 0 Å². The van der Waals surface area contributed by atoms with Gasteiger partial charge in [-0.15, -0.1) is 0 Å². The number of furan rings is 1. The number of hydrogen-bond donors (Lipinski definition) is 2. The number of benzene rings is 1. The Bertz CT molecular complexity index is 758. The van der Waals surface area contributed by atoms with Gasteiger partial charge in [-0.3, -0.25) is 0 Å². The maximum atomic E-state index is 11.8. The van der Waals surface area contributed by atoms with Gasteiger partial charge in [0.25, 0.3) is 10.2 Å². The molecule has 0 amide bonds. The molecule has 2 rings (SSSR count). The molecule has 0 radical (unpaired) electrons. The number of anilines is 1. The first-order valence-corrected chi connectivity index (χ1v) is 7.53. The molecule has 21 heavy (non-hydrogen) atoms. The monoisotopic (exact) mass is 330 g/mol. The van der Waals surface area contributed by atoms with Crippen molar-refractivity contribution in [3.05, 3.63) is 52.9 Å². The fourth-order valence-electron chi connectivity index (χ4n) is 1.75. The third-order valence-electron chi connectivity index (χ3n) is 2.65. The van der Waals surface area contributed by atoms with Crippen molar-refractivity contribution in [1.29, 1.82) is 0 Å². The molecule has 0 unspecified atom stereocenters. The van der Waals surface area contributed by atoms with Gasteiger partial charge in [-0.1, -0.05) is 11.6 Å². The minimum atomic E-state index is -4.22. The highest BCUT2D eigenvalue weighted by Crippen LogP contribution is 2.28. The summed E-state index contributed by atoms with van der Waals surface area (Å²) in [4.78, 5) is 11.2. The van der Waals surface area contributed by atoms with Crippen LogP contribution in [0, 0.1) is 0 Å². The van der Waals surface area contributed by atoms with Crippen molar-refractivity contribution in [3.63, 3.8) is 0 Å². The average molecular weight is 331 g/mol. The molecule has 112 valence electrons. The summed E-state index contributed by atoms with van der Waals surface area (Å²) >= 11 is 5.82. The SMILES string of the molecule is NS(=O)(=O)N(Cc1ccco1)c1cc(Cl)ccc1C(=O)O. The maximum Gasteiger partial charge on any atom is 0.337 e. The zero-order valence-corrected chi connectivity index (χ0v) is 12.1. The number of halogens is 1. The summed E-state index contributed by atoms with van der Waals surface area (Å²) in [6, 6.07) is 6.90. The fraction of sp³-hybridized carbons (Fsp3) is 0.0833. The van der Waals surface area contributed by atoms with Crippen LogP contribution in [0.2, 0.25) is 5.02 Å². The molecule has 7 nitrogen and oxygen atoms in total. The number of nitrogens with zero attached hydrogens (tertiary/aromatic N) is 1. The molecule has 0 saturated heterocycles. The number of carbonyl (C=O) groups is 1. The molecule has 0 fully saturated rings. The molecule has 2 aromatic rings. The summed E-state index contributed by atoms with van der Waals surface area (Å²) in [7, 11) is -4.22. The van der Waals surface area contributed by atoms with E-state index in [1.165, 1.54) is 24.5 Å². The molecule has 0 saturated carbocycles. The lowest BCUT2D eigenvalue weighted by Crippen LogP contribution is -2.37. The number of nitrogens with two attached hydrogens (primary N) is 1. The molecule has 9 heteroatoms. The van der Waals surface area contributed by atoms with Crippen molar-refractivity contribution in [2.24, 2.45) is 5.14 Å². The molecule has 0 aliphatic carbocycles. The third kappa shape index (κ3) is 3.54. The first-order chi connectivity index (χ1) is 9.79. The zero-order chi connectivity index (χ0) is 15.6. The molecule has 1 aromatic heterocycles. The van der Waals surface area contributed by atoms with E-state index >= 15 is 0 Å². The van der Waals surface area contributed by atoms with Gasteiger partial charge < -0.3 is 9.52 Å². The Hall–Kier alpha value is -2.03. The van der Waals surface area contributed by atoms with Crippen LogP contribution >= 0.6 is 11.6 Å². The third-order valence-corrected chi connectivity index (χ3v) is 3.82. The molecular weight excluding hydrogens is 320 g/mol. The summed E-state index contributed by atoms with van der Waals surface area (Å²) in [6.45, 7) is -0.244. The largest absolute Gasteiger partial charge is 0.478 e. The Morgan fingerprint density at radius 3 is 2.62 bits per heavy atom. The van der Waals surface area contributed by atoms with Crippen molar-refractivity contribution in [1.82, 2.24) is 0 Å². The number of aromatic carboxylic acids is 1. The van der Waals surface area contributed by atoms with E-state index in [-0.39, 0.29) is 22.8 Å². The summed E-state index contributed by atoms with van der Waals surface area (Å²) in [5.41, 5.74) is -0.367. The lowest BCUT2D eigenvalue weighted by atomic mass is 10.2. The van der Waals surface area contributed by atoms with Crippen molar-refractivity contribution in [2.75, 3.05) is 4.31 Å². The van der Waals surface area contributed by atoms with Gasteiger partial charge in [0.2, 0.25) is 0 Å². The van der Waals surface area contributed by atoms with Crippen molar-refractivity contribution in [3.8, 4) is 0 Å². The Kier molecular flexibility index (Phi) is 4.21. The van der Waals surface area contributed by atoms with E-state index in [0.29, 0.717) is 5.76 Å². The highest BCUT2D eigenvalue weighted by atomic mass is 35.5. The number of rotatable bonds is 5. The first kappa shape index (κ1) is 15.4. The summed E-state index contributed by atoms with van der Waals surface area (Å²) in [5.74, 6) is -0.991. The molecule has 0 aliphatic heterocycles. The van der Waals surface area contributed by atoms with Crippen molar-refractivity contribution in [2.45, 2.75) is 6.54 Å². The number of carboxylic acid groups (broad SMARTS) is 1. The minimum Gasteiger partial charge on any atom is -0.478 e. The smallest absolute Gasteiger partial charge is 0.337 e. The topological polar surface area (TPSA) is 114 Å². The standard InChI is InChI=1S/C12H11ClN2O5S/c13-8-3-4-10(12(16)17)11(6-8)15(21(14,18)19)7-9-2-1-5-20-9/h1-6H,7H2,(H,16,17)(H2,14,18,19). The summed E-state index contributed by atoms with van der Waals surface area (Å²) in [6.07, 6.45) is 1.37. The van der Waals surface area contributed by atoms with Gasteiger partial charge in [0.1, 0.15) is 5.76 Å². The molecule has 3 N–H and O–H groups in total. The lowest BCUT2D eigenvalue weighted by molar-refractivity contribution is 0.0697. The van der Waals surface area contributed by atoms with Gasteiger partial charge >= 0.3 is 5.97 Å². The van der Waals surface area contributed by atoms with Crippen LogP contribution in [0.15, 0.2) is 41.0 Å². The predicted molar refractivity (Wildman–Crippen MR) is 76.4 cm³/mol. The van der Waals surface area contributed by atoms with Crippen LogP contribution in [0.3, 0.4) is 0 Å². The second-order valence-corrected chi connectivity index (χ2v) is 6.00. The van der Waals surface area contributed by atoms with Crippen molar-refractivity contribution < 1.29 is 22.7 Å². The van der Waals surface area contributed by atoms with E-state index < -0.39 is 16.2 Å². The Balaban J connectivity index is 2.56. The molecule has 0 bridgehead atoms. The van der Waals surface area contributed by atoms with Gasteiger partial charge in [0.15, 0.2) is 0 Å². The fourth-order valence-corrected chi connectivity index (χ4v) is 2.65. The number of hydrogen-bond acceptors (Lipinski definition) is 4. The van der Waals surface area contributed by atoms with Crippen LogP contribution in [0.1, 0.15) is 16.1 Å². The van der Waals surface area contributed by atoms with Crippen LogP contribution < -0.4 is 9.44 Å². The van der Waals surface area contributed by atoms with Gasteiger partial charge in [-0.2, -0.15) is 8.42 Å². The minimum absolute atomic E-state index is 0.131. The van der Waals surface area contributed by atoms with Gasteiger partial charge in [-0.25, -0.2) is 14.2 Å². The predicted octanol–water partition coefficient (Wildman–Crippen LogP) is 1.84. The molecular formula is C12H11ClN2O5S. The van der Waals surface area contributed by atoms with Crippen LogP contribution in [-0.2, 0) is 16.8 Å². The molecule has 0 spiro atoms. The van der Waals surface area contributed by atoms with E-state index in [9.17, 15) is 13.2 Å². The molecule has 1 aromatic carbocycles. The second kappa shape index (κ2) is 5.76. The van der Waals surface area contributed by atoms with E-state index in [1.54, 1.807) is 12.1 Å². The molecule has 0 aliphatic rings. The molecule has 0 atom stereocenters. The normalized spacial score (nSPS) is 11.3. The second-order valence-electron chi connectivity index (χ2n) is 4.10. The van der Waals surface area contributed by atoms with E-state index in [4.69, 9.17) is 26.3 Å². The lowest BCUT2D eigenvalue weighted by Gasteiger charge is -2.22. The molecule has 1 heterocycles. The maximum absolute atomic E-state index is 11.8. The Morgan fingerprint density at radius 1 is 1.38 bits per heavy atom.